The minimum Gasteiger partial charge on any atom is -0.396 e. The minimum atomic E-state index is -1.07. The molecule has 2 heterocycles. The lowest BCUT2D eigenvalue weighted by Gasteiger charge is -2.22. The molecule has 0 aliphatic carbocycles. The van der Waals surface area contributed by atoms with Crippen LogP contribution in [0.25, 0.3) is 0 Å². The fourth-order valence-corrected chi connectivity index (χ4v) is 2.25. The first-order valence-electron chi connectivity index (χ1n) is 6.58. The molecule has 0 amide bonds. The second-order valence-electron chi connectivity index (χ2n) is 4.83. The van der Waals surface area contributed by atoms with Gasteiger partial charge in [-0.25, -0.2) is 9.98 Å². The summed E-state index contributed by atoms with van der Waals surface area (Å²) in [5.41, 5.74) is 6.02. The molecule has 9 nitrogen and oxygen atoms in total. The summed E-state index contributed by atoms with van der Waals surface area (Å²) in [6, 6.07) is 0. The lowest BCUT2D eigenvalue weighted by molar-refractivity contribution is -0.117. The van der Waals surface area contributed by atoms with Gasteiger partial charge in [-0.15, -0.1) is 0 Å². The van der Waals surface area contributed by atoms with Crippen LogP contribution in [0.2, 0.25) is 0 Å². The number of imidazole rings is 1. The van der Waals surface area contributed by atoms with Crippen molar-refractivity contribution in [2.75, 3.05) is 26.1 Å². The van der Waals surface area contributed by atoms with E-state index in [-0.39, 0.29) is 24.8 Å². The standard InChI is InChI=1S/C12H21N5O4/c1-20-8(21-2)3-7(5-18)4-17-6-14-9-10(17)15-12(13)16-11(9)19/h6-8,11,18-19H,3-5H2,1-2H3,(H3,13,15,16). The number of fused-ring (bicyclic) bond motifs is 1. The van der Waals surface area contributed by atoms with Crippen molar-refractivity contribution in [1.82, 2.24) is 9.55 Å². The Balaban J connectivity index is 2.10. The van der Waals surface area contributed by atoms with Crippen LogP contribution in [0.1, 0.15) is 18.3 Å². The van der Waals surface area contributed by atoms with Crippen LogP contribution in [0, 0.1) is 5.92 Å². The molecule has 5 N–H and O–H groups in total. The Bertz CT molecular complexity index is 500. The molecule has 1 aliphatic heterocycles. The van der Waals surface area contributed by atoms with Crippen molar-refractivity contribution in [3.8, 4) is 0 Å². The summed E-state index contributed by atoms with van der Waals surface area (Å²) < 4.78 is 12.1. The van der Waals surface area contributed by atoms with Crippen molar-refractivity contribution >= 4 is 11.8 Å². The van der Waals surface area contributed by atoms with E-state index in [1.165, 1.54) is 0 Å². The number of anilines is 1. The molecule has 2 rings (SSSR count). The number of aliphatic hydroxyl groups is 2. The third-order valence-corrected chi connectivity index (χ3v) is 3.38. The van der Waals surface area contributed by atoms with Gasteiger partial charge in [0, 0.05) is 39.7 Å². The lowest BCUT2D eigenvalue weighted by Crippen LogP contribution is -2.30. The summed E-state index contributed by atoms with van der Waals surface area (Å²) in [6.45, 7) is 0.456. The number of aromatic nitrogens is 2. The highest BCUT2D eigenvalue weighted by atomic mass is 16.7. The molecule has 0 saturated heterocycles. The Morgan fingerprint density at radius 1 is 1.48 bits per heavy atom. The first-order valence-corrected chi connectivity index (χ1v) is 6.58. The van der Waals surface area contributed by atoms with Crippen molar-refractivity contribution in [2.45, 2.75) is 25.5 Å². The number of rotatable bonds is 7. The van der Waals surface area contributed by atoms with Gasteiger partial charge in [-0.05, 0) is 0 Å². The zero-order chi connectivity index (χ0) is 15.4. The minimum absolute atomic E-state index is 0.0255. The number of ether oxygens (including phenoxy) is 2. The molecule has 0 fully saturated rings. The lowest BCUT2D eigenvalue weighted by atomic mass is 10.1. The van der Waals surface area contributed by atoms with E-state index in [0.717, 1.165) is 0 Å². The normalized spacial score (nSPS) is 19.1. The molecule has 1 aromatic rings. The van der Waals surface area contributed by atoms with Crippen LogP contribution >= 0.6 is 0 Å². The molecule has 118 valence electrons. The summed E-state index contributed by atoms with van der Waals surface area (Å²) >= 11 is 0. The maximum atomic E-state index is 9.79. The molecule has 0 aromatic carbocycles. The third kappa shape index (κ3) is 3.50. The van der Waals surface area contributed by atoms with Gasteiger partial charge in [-0.2, -0.15) is 0 Å². The number of nitrogens with two attached hydrogens (primary N) is 1. The van der Waals surface area contributed by atoms with Gasteiger partial charge in [0.15, 0.2) is 18.5 Å². The van der Waals surface area contributed by atoms with Crippen LogP contribution in [-0.4, -0.2) is 52.8 Å². The maximum Gasteiger partial charge on any atom is 0.197 e. The van der Waals surface area contributed by atoms with Crippen molar-refractivity contribution < 1.29 is 19.7 Å². The quantitative estimate of drug-likeness (QED) is 0.487. The van der Waals surface area contributed by atoms with Crippen molar-refractivity contribution in [3.05, 3.63) is 12.0 Å². The molecule has 2 unspecified atom stereocenters. The summed E-state index contributed by atoms with van der Waals surface area (Å²) in [7, 11) is 3.10. The molecule has 0 radical (unpaired) electrons. The highest BCUT2D eigenvalue weighted by Gasteiger charge is 2.25. The van der Waals surface area contributed by atoms with E-state index in [2.05, 4.69) is 15.3 Å². The van der Waals surface area contributed by atoms with Crippen LogP contribution in [-0.2, 0) is 16.0 Å². The molecule has 1 aromatic heterocycles. The maximum absolute atomic E-state index is 9.79. The molecule has 0 bridgehead atoms. The van der Waals surface area contributed by atoms with Crippen LogP contribution in [0.3, 0.4) is 0 Å². The zero-order valence-corrected chi connectivity index (χ0v) is 12.1. The van der Waals surface area contributed by atoms with Gasteiger partial charge in [0.2, 0.25) is 0 Å². The number of methoxy groups -OCH3 is 2. The smallest absolute Gasteiger partial charge is 0.197 e. The van der Waals surface area contributed by atoms with Crippen LogP contribution < -0.4 is 11.1 Å². The van der Waals surface area contributed by atoms with Crippen LogP contribution in [0.15, 0.2) is 11.3 Å². The van der Waals surface area contributed by atoms with E-state index in [9.17, 15) is 10.2 Å². The zero-order valence-electron chi connectivity index (χ0n) is 12.1. The molecule has 1 aliphatic rings. The number of aliphatic hydroxyl groups excluding tert-OH is 2. The number of nitrogens with one attached hydrogen (secondary N) is 1. The second kappa shape index (κ2) is 6.85. The van der Waals surface area contributed by atoms with Gasteiger partial charge >= 0.3 is 0 Å². The molecule has 2 atom stereocenters. The molecule has 0 spiro atoms. The average molecular weight is 299 g/mol. The Labute approximate surface area is 122 Å². The molecule has 9 heteroatoms. The highest BCUT2D eigenvalue weighted by molar-refractivity contribution is 5.93. The molecular weight excluding hydrogens is 278 g/mol. The van der Waals surface area contributed by atoms with Gasteiger partial charge in [0.25, 0.3) is 0 Å². The molecular formula is C12H21N5O4. The largest absolute Gasteiger partial charge is 0.396 e. The fraction of sp³-hybridized carbons (Fsp3) is 0.667. The SMILES string of the molecule is COC(CC(CO)Cn1cnc2c1NC(N)=NC2O)OC. The molecule has 0 saturated carbocycles. The van der Waals surface area contributed by atoms with Crippen molar-refractivity contribution in [1.29, 1.82) is 0 Å². The molecule has 21 heavy (non-hydrogen) atoms. The summed E-state index contributed by atoms with van der Waals surface area (Å²) in [5, 5.41) is 22.2. The number of aliphatic imine (C=N–C) groups is 1. The first kappa shape index (κ1) is 15.7. The number of guanidine groups is 1. The van der Waals surface area contributed by atoms with Crippen molar-refractivity contribution in [3.63, 3.8) is 0 Å². The van der Waals surface area contributed by atoms with E-state index < -0.39 is 6.23 Å². The Morgan fingerprint density at radius 2 is 2.19 bits per heavy atom. The van der Waals surface area contributed by atoms with Gasteiger partial charge in [0.05, 0.1) is 6.33 Å². The Hall–Kier alpha value is -1.68. The van der Waals surface area contributed by atoms with Crippen LogP contribution in [0.5, 0.6) is 0 Å². The number of nitrogens with zero attached hydrogens (tertiary/aromatic N) is 3. The number of hydrogen-bond acceptors (Lipinski definition) is 8. The van der Waals surface area contributed by atoms with E-state index in [4.69, 9.17) is 15.2 Å². The Kier molecular flexibility index (Phi) is 5.12. The highest BCUT2D eigenvalue weighted by Crippen LogP contribution is 2.27. The Morgan fingerprint density at radius 3 is 2.81 bits per heavy atom. The van der Waals surface area contributed by atoms with Crippen molar-refractivity contribution in [2.24, 2.45) is 16.6 Å². The summed E-state index contributed by atoms with van der Waals surface area (Å²) in [5.74, 6) is 0.621. The third-order valence-electron chi connectivity index (χ3n) is 3.38. The number of hydrogen-bond donors (Lipinski definition) is 4. The first-order chi connectivity index (χ1) is 10.1. The van der Waals surface area contributed by atoms with E-state index in [1.54, 1.807) is 25.1 Å². The van der Waals surface area contributed by atoms with E-state index in [1.807, 2.05) is 0 Å². The second-order valence-corrected chi connectivity index (χ2v) is 4.83. The van der Waals surface area contributed by atoms with Gasteiger partial charge < -0.3 is 35.3 Å². The van der Waals surface area contributed by atoms with Gasteiger partial charge in [-0.3, -0.25) is 0 Å². The monoisotopic (exact) mass is 299 g/mol. The predicted molar refractivity (Wildman–Crippen MR) is 75.4 cm³/mol. The summed E-state index contributed by atoms with van der Waals surface area (Å²) in [4.78, 5) is 7.91. The topological polar surface area (TPSA) is 127 Å². The van der Waals surface area contributed by atoms with E-state index >= 15 is 0 Å². The van der Waals surface area contributed by atoms with Gasteiger partial charge in [0.1, 0.15) is 11.5 Å². The van der Waals surface area contributed by atoms with Crippen LogP contribution in [0.4, 0.5) is 5.82 Å². The average Bonchev–Trinajstić information content (AvgIpc) is 2.86. The summed E-state index contributed by atoms with van der Waals surface area (Å²) in [6.07, 6.45) is 0.655. The fourth-order valence-electron chi connectivity index (χ4n) is 2.25. The predicted octanol–water partition coefficient (Wildman–Crippen LogP) is -0.768. The van der Waals surface area contributed by atoms with E-state index in [0.29, 0.717) is 24.5 Å². The van der Waals surface area contributed by atoms with Gasteiger partial charge in [-0.1, -0.05) is 0 Å².